The van der Waals surface area contributed by atoms with Crippen molar-refractivity contribution in [2.45, 2.75) is 20.3 Å². The summed E-state index contributed by atoms with van der Waals surface area (Å²) >= 11 is 0. The van der Waals surface area contributed by atoms with Gasteiger partial charge >= 0.3 is 21.1 Å². The third-order valence-electron chi connectivity index (χ3n) is 2.48. The van der Waals surface area contributed by atoms with Crippen LogP contribution in [0, 0.1) is 30.5 Å². The number of hydrogen-bond acceptors (Lipinski definition) is 1. The molecule has 1 heterocycles. The molecule has 1 saturated heterocycles. The molecular formula is C10H18BNVW. The van der Waals surface area contributed by atoms with Gasteiger partial charge in [-0.05, 0) is 13.1 Å². The van der Waals surface area contributed by atoms with Gasteiger partial charge in [0.05, 0.1) is 0 Å². The molecule has 14 heavy (non-hydrogen) atoms. The Morgan fingerprint density at radius 3 is 2.71 bits per heavy atom. The van der Waals surface area contributed by atoms with Crippen LogP contribution in [-0.2, 0) is 39.6 Å². The van der Waals surface area contributed by atoms with E-state index < -0.39 is 0 Å². The molecule has 0 bridgehead atoms. The zero-order valence-corrected chi connectivity index (χ0v) is 13.3. The van der Waals surface area contributed by atoms with Crippen molar-refractivity contribution in [2.75, 3.05) is 13.1 Å². The minimum Gasteiger partial charge on any atom is -0.365 e. The van der Waals surface area contributed by atoms with Crippen molar-refractivity contribution in [2.24, 2.45) is 17.8 Å². The van der Waals surface area contributed by atoms with Crippen molar-refractivity contribution in [3.8, 4) is 0 Å². The van der Waals surface area contributed by atoms with Crippen molar-refractivity contribution >= 4 is 7.85 Å². The van der Waals surface area contributed by atoms with Gasteiger partial charge in [0.25, 0.3) is 0 Å². The zero-order chi connectivity index (χ0) is 8.97. The molecule has 1 nitrogen and oxygen atoms in total. The second kappa shape index (κ2) is 9.52. The third kappa shape index (κ3) is 6.72. The van der Waals surface area contributed by atoms with Gasteiger partial charge in [0.1, 0.15) is 0 Å². The van der Waals surface area contributed by atoms with Crippen LogP contribution in [0.15, 0.2) is 0 Å². The summed E-state index contributed by atoms with van der Waals surface area (Å²) in [5.74, 6) is 1.97. The first-order valence-corrected chi connectivity index (χ1v) is 4.83. The predicted octanol–water partition coefficient (Wildman–Crippen LogP) is 1.40. The number of rotatable bonds is 3. The van der Waals surface area contributed by atoms with E-state index in [1.54, 1.807) is 6.32 Å². The van der Waals surface area contributed by atoms with Crippen molar-refractivity contribution in [3.63, 3.8) is 0 Å². The third-order valence-corrected chi connectivity index (χ3v) is 2.48. The number of piperidine rings is 1. The predicted molar refractivity (Wildman–Crippen MR) is 53.7 cm³/mol. The molecule has 4 heteroatoms. The molecule has 3 atom stereocenters. The minimum absolute atomic E-state index is 0. The standard InChI is InChI=1S/C10H18BN.V.W/c1-8(5-11)3-10-4-9(2)6-12-7-10;;/h4-5,8-10,12H,3,6-7H2,1-2H3;;/q-2;;+2. The van der Waals surface area contributed by atoms with Crippen molar-refractivity contribution in [3.05, 3.63) is 12.7 Å². The summed E-state index contributed by atoms with van der Waals surface area (Å²) in [5, 5.41) is 3.43. The summed E-state index contributed by atoms with van der Waals surface area (Å²) in [4.78, 5) is 0. The van der Waals surface area contributed by atoms with Crippen LogP contribution in [0.2, 0.25) is 0 Å². The van der Waals surface area contributed by atoms with Crippen LogP contribution in [0.5, 0.6) is 0 Å². The molecule has 1 aliphatic heterocycles. The van der Waals surface area contributed by atoms with Crippen molar-refractivity contribution in [1.82, 2.24) is 5.32 Å². The van der Waals surface area contributed by atoms with Gasteiger partial charge in [0, 0.05) is 18.6 Å². The Morgan fingerprint density at radius 2 is 2.21 bits per heavy atom. The molecular weight excluding hydrogens is 380 g/mol. The molecule has 77 valence electrons. The monoisotopic (exact) mass is 398 g/mol. The van der Waals surface area contributed by atoms with Crippen molar-refractivity contribution < 1.29 is 39.6 Å². The molecule has 3 radical (unpaired) electrons. The maximum absolute atomic E-state index is 5.46. The summed E-state index contributed by atoms with van der Waals surface area (Å²) in [5.41, 5.74) is 0. The molecule has 0 aliphatic carbocycles. The average molecular weight is 398 g/mol. The van der Waals surface area contributed by atoms with E-state index in [0.29, 0.717) is 17.8 Å². The fourth-order valence-electron chi connectivity index (χ4n) is 1.82. The Balaban J connectivity index is 0. The van der Waals surface area contributed by atoms with E-state index in [9.17, 15) is 0 Å². The second-order valence-electron chi connectivity index (χ2n) is 3.99. The van der Waals surface area contributed by atoms with Crippen LogP contribution in [0.3, 0.4) is 0 Å². The van der Waals surface area contributed by atoms with Crippen LogP contribution in [0.4, 0.5) is 0 Å². The van der Waals surface area contributed by atoms with Gasteiger partial charge in [-0.3, -0.25) is 0 Å². The molecule has 0 aromatic rings. The first-order valence-electron chi connectivity index (χ1n) is 4.83. The fraction of sp³-hybridized carbons (Fsp3) is 0.800. The van der Waals surface area contributed by atoms with E-state index in [4.69, 9.17) is 7.85 Å². The molecule has 0 amide bonds. The second-order valence-corrected chi connectivity index (χ2v) is 3.99. The molecule has 0 spiro atoms. The summed E-state index contributed by atoms with van der Waals surface area (Å²) in [6.07, 6.45) is 5.44. The summed E-state index contributed by atoms with van der Waals surface area (Å²) < 4.78 is 0. The molecule has 1 aliphatic rings. The molecule has 1 fully saturated rings. The average Bonchev–Trinajstić information content (AvgIpc) is 2.04. The van der Waals surface area contributed by atoms with Crippen LogP contribution >= 0.6 is 0 Å². The van der Waals surface area contributed by atoms with Gasteiger partial charge in [0.15, 0.2) is 0 Å². The van der Waals surface area contributed by atoms with Gasteiger partial charge in [-0.25, -0.2) is 0 Å². The summed E-state index contributed by atoms with van der Waals surface area (Å²) in [6.45, 7) is 6.70. The Kier molecular flexibility index (Phi) is 12.0. The van der Waals surface area contributed by atoms with E-state index in [2.05, 4.69) is 25.6 Å². The van der Waals surface area contributed by atoms with E-state index in [1.165, 1.54) is 6.42 Å². The van der Waals surface area contributed by atoms with E-state index in [0.717, 1.165) is 13.1 Å². The first kappa shape index (κ1) is 17.7. The maximum atomic E-state index is 5.46. The summed E-state index contributed by atoms with van der Waals surface area (Å²) in [7, 11) is 5.46. The zero-order valence-electron chi connectivity index (χ0n) is 8.94. The minimum atomic E-state index is 0. The smallest absolute Gasteiger partial charge is 0.365 e. The van der Waals surface area contributed by atoms with Gasteiger partial charge in [-0.15, -0.1) is 6.42 Å². The van der Waals surface area contributed by atoms with Gasteiger partial charge in [-0.1, -0.05) is 13.8 Å². The van der Waals surface area contributed by atoms with Crippen LogP contribution < -0.4 is 5.32 Å². The molecule has 0 aromatic carbocycles. The van der Waals surface area contributed by atoms with E-state index >= 15 is 0 Å². The Morgan fingerprint density at radius 1 is 1.57 bits per heavy atom. The quantitative estimate of drug-likeness (QED) is 0.561. The van der Waals surface area contributed by atoms with E-state index in [-0.39, 0.29) is 39.6 Å². The topological polar surface area (TPSA) is 12.0 Å². The SMILES string of the molecule is [B][CH-]C(C)CC1[CH-]C(C)CNC1.[V].[W+2]. The van der Waals surface area contributed by atoms with Crippen molar-refractivity contribution in [1.29, 1.82) is 0 Å². The summed E-state index contributed by atoms with van der Waals surface area (Å²) in [6, 6.07) is 0. The first-order chi connectivity index (χ1) is 5.72. The number of hydrogen-bond donors (Lipinski definition) is 1. The molecule has 1 N–H and O–H groups in total. The Labute approximate surface area is 116 Å². The van der Waals surface area contributed by atoms with Crippen LogP contribution in [-0.4, -0.2) is 20.9 Å². The Hall–Kier alpha value is 1.30. The van der Waals surface area contributed by atoms with Gasteiger partial charge in [-0.2, -0.15) is 25.6 Å². The molecule has 0 saturated carbocycles. The number of nitrogens with one attached hydrogen (secondary N) is 1. The largest absolute Gasteiger partial charge is 2.00 e. The Bertz CT molecular complexity index is 137. The van der Waals surface area contributed by atoms with Gasteiger partial charge < -0.3 is 18.1 Å². The van der Waals surface area contributed by atoms with Crippen LogP contribution in [0.1, 0.15) is 20.3 Å². The van der Waals surface area contributed by atoms with Crippen LogP contribution in [0.25, 0.3) is 0 Å². The maximum Gasteiger partial charge on any atom is 2.00 e. The normalized spacial score (nSPS) is 28.4. The van der Waals surface area contributed by atoms with E-state index in [1.807, 2.05) is 0 Å². The molecule has 0 aromatic heterocycles. The molecule has 1 rings (SSSR count). The van der Waals surface area contributed by atoms with Gasteiger partial charge in [0.2, 0.25) is 0 Å². The fourth-order valence-corrected chi connectivity index (χ4v) is 1.82. The molecule has 3 unspecified atom stereocenters.